The topological polar surface area (TPSA) is 65.1 Å². The summed E-state index contributed by atoms with van der Waals surface area (Å²) in [7, 11) is 1.42. The Morgan fingerprint density at radius 3 is 2.11 bits per heavy atom. The fourth-order valence-electron chi connectivity index (χ4n) is 3.52. The van der Waals surface area contributed by atoms with E-state index in [9.17, 15) is 9.59 Å². The fraction of sp³-hybridized carbons (Fsp3) is 0.545. The number of hydroxylamine groups is 2. The predicted octanol–water partition coefficient (Wildman–Crippen LogP) is 4.70. The minimum absolute atomic E-state index is 0.195. The second kappa shape index (κ2) is 7.59. The molecule has 0 N–H and O–H groups in total. The van der Waals surface area contributed by atoms with Gasteiger partial charge in [0.25, 0.3) is 5.91 Å². The number of nitrogens with zero attached hydrogens (tertiary/aromatic N) is 1. The molecule has 1 aromatic rings. The minimum atomic E-state index is -0.967. The first-order valence-electron chi connectivity index (χ1n) is 9.36. The van der Waals surface area contributed by atoms with Gasteiger partial charge in [0.05, 0.1) is 19.3 Å². The number of hydrogen-bond acceptors (Lipinski definition) is 5. The van der Waals surface area contributed by atoms with Crippen LogP contribution in [0.15, 0.2) is 17.9 Å². The van der Waals surface area contributed by atoms with Gasteiger partial charge >= 0.3 is 6.16 Å². The number of amides is 1. The lowest BCUT2D eigenvalue weighted by atomic mass is 9.91. The molecule has 28 heavy (non-hydrogen) atoms. The van der Waals surface area contributed by atoms with Crippen LogP contribution >= 0.6 is 0 Å². The maximum Gasteiger partial charge on any atom is 0.513 e. The van der Waals surface area contributed by atoms with Gasteiger partial charge in [0.2, 0.25) is 0 Å². The molecule has 6 heteroatoms. The monoisotopic (exact) mass is 389 g/mol. The molecule has 6 nitrogen and oxygen atoms in total. The van der Waals surface area contributed by atoms with Gasteiger partial charge in [-0.15, -0.1) is 0 Å². The molecule has 2 rings (SSSR count). The Morgan fingerprint density at radius 1 is 1.11 bits per heavy atom. The molecule has 1 aromatic carbocycles. The van der Waals surface area contributed by atoms with Gasteiger partial charge in [-0.2, -0.15) is 0 Å². The van der Waals surface area contributed by atoms with Crippen molar-refractivity contribution in [2.45, 2.75) is 60.9 Å². The summed E-state index contributed by atoms with van der Waals surface area (Å²) in [6, 6.07) is 4.00. The largest absolute Gasteiger partial charge is 0.513 e. The molecule has 1 heterocycles. The molecule has 0 saturated heterocycles. The Bertz CT molecular complexity index is 807. The van der Waals surface area contributed by atoms with E-state index in [1.807, 2.05) is 53.7 Å². The van der Waals surface area contributed by atoms with Crippen molar-refractivity contribution < 1.29 is 23.9 Å². The van der Waals surface area contributed by atoms with E-state index in [1.54, 1.807) is 13.8 Å². The summed E-state index contributed by atoms with van der Waals surface area (Å²) in [4.78, 5) is 30.9. The minimum Gasteiger partial charge on any atom is -0.433 e. The van der Waals surface area contributed by atoms with E-state index < -0.39 is 11.7 Å². The molecule has 0 spiro atoms. The smallest absolute Gasteiger partial charge is 0.433 e. The van der Waals surface area contributed by atoms with Crippen molar-refractivity contribution in [3.05, 3.63) is 40.1 Å². The number of carbonyl (C=O) groups excluding carboxylic acids is 2. The van der Waals surface area contributed by atoms with Gasteiger partial charge in [-0.05, 0) is 56.7 Å². The Kier molecular flexibility index (Phi) is 5.95. The molecular formula is C22H31NO5. The van der Waals surface area contributed by atoms with Crippen LogP contribution in [-0.2, 0) is 19.1 Å². The number of benzene rings is 1. The number of rotatable bonds is 4. The van der Waals surface area contributed by atoms with Crippen LogP contribution in [0.1, 0.15) is 56.9 Å². The molecule has 1 aliphatic rings. The summed E-state index contributed by atoms with van der Waals surface area (Å²) < 4.78 is 10.9. The molecule has 0 radical (unpaired) electrons. The van der Waals surface area contributed by atoms with Gasteiger partial charge in [0, 0.05) is 0 Å². The fourth-order valence-corrected chi connectivity index (χ4v) is 3.52. The highest BCUT2D eigenvalue weighted by Gasteiger charge is 2.50. The van der Waals surface area contributed by atoms with E-state index in [1.165, 1.54) is 12.2 Å². The maximum atomic E-state index is 13.2. The van der Waals surface area contributed by atoms with Crippen molar-refractivity contribution in [1.82, 2.24) is 5.06 Å². The van der Waals surface area contributed by atoms with E-state index in [2.05, 4.69) is 0 Å². The molecule has 1 amide bonds. The Hall–Kier alpha value is -2.34. The first kappa shape index (κ1) is 22.0. The number of carbonyl (C=O) groups is 2. The molecule has 0 bridgehead atoms. The van der Waals surface area contributed by atoms with Crippen molar-refractivity contribution in [3.63, 3.8) is 0 Å². The number of aryl methyl sites for hydroxylation is 3. The Morgan fingerprint density at radius 2 is 1.64 bits per heavy atom. The van der Waals surface area contributed by atoms with Crippen molar-refractivity contribution in [2.24, 2.45) is 5.41 Å². The summed E-state index contributed by atoms with van der Waals surface area (Å²) >= 11 is 0. The third-order valence-corrected chi connectivity index (χ3v) is 4.61. The molecule has 0 aliphatic carbocycles. The van der Waals surface area contributed by atoms with Crippen LogP contribution in [0.25, 0.3) is 5.57 Å². The second-order valence-corrected chi connectivity index (χ2v) is 9.02. The first-order chi connectivity index (χ1) is 12.8. The van der Waals surface area contributed by atoms with Crippen molar-refractivity contribution in [1.29, 1.82) is 0 Å². The molecule has 0 aromatic heterocycles. The average Bonchev–Trinajstić information content (AvgIpc) is 2.71. The number of ether oxygens (including phenoxy) is 2. The molecule has 0 unspecified atom stereocenters. The zero-order chi connectivity index (χ0) is 21.4. The van der Waals surface area contributed by atoms with E-state index in [0.717, 1.165) is 22.3 Å². The highest BCUT2D eigenvalue weighted by molar-refractivity contribution is 6.23. The molecular weight excluding hydrogens is 358 g/mol. The summed E-state index contributed by atoms with van der Waals surface area (Å²) in [6.45, 7) is 15.5. The van der Waals surface area contributed by atoms with Crippen LogP contribution in [0.3, 0.4) is 0 Å². The van der Waals surface area contributed by atoms with Gasteiger partial charge in [-0.25, -0.2) is 9.86 Å². The summed E-state index contributed by atoms with van der Waals surface area (Å²) in [5.41, 5.74) is 2.87. The Labute approximate surface area is 167 Å². The lowest BCUT2D eigenvalue weighted by Crippen LogP contribution is -2.43. The lowest BCUT2D eigenvalue weighted by molar-refractivity contribution is -0.190. The molecule has 0 saturated carbocycles. The normalized spacial score (nSPS) is 16.6. The van der Waals surface area contributed by atoms with Crippen molar-refractivity contribution in [2.75, 3.05) is 13.7 Å². The zero-order valence-electron chi connectivity index (χ0n) is 18.4. The van der Waals surface area contributed by atoms with Crippen LogP contribution in [0, 0.1) is 26.2 Å². The standard InChI is InChI=1S/C22H31NO5/c1-13-10-14(2)16(15(3)11-13)17-18(22(7,8)23(26-9)19(17)24)28-20(25)27-12-21(4,5)6/h10-11H,12H2,1-9H3. The summed E-state index contributed by atoms with van der Waals surface area (Å²) in [6.07, 6.45) is -0.830. The van der Waals surface area contributed by atoms with Crippen LogP contribution in [0.5, 0.6) is 0 Å². The van der Waals surface area contributed by atoms with E-state index in [4.69, 9.17) is 14.3 Å². The highest BCUT2D eigenvalue weighted by Crippen LogP contribution is 2.42. The SMILES string of the molecule is CON1C(=O)C(c2c(C)cc(C)cc2C)=C(OC(=O)OCC(C)(C)C)C1(C)C. The van der Waals surface area contributed by atoms with Crippen LogP contribution in [0.2, 0.25) is 0 Å². The van der Waals surface area contributed by atoms with Crippen molar-refractivity contribution in [3.8, 4) is 0 Å². The second-order valence-electron chi connectivity index (χ2n) is 9.02. The highest BCUT2D eigenvalue weighted by atomic mass is 16.7. The maximum absolute atomic E-state index is 13.2. The summed E-state index contributed by atoms with van der Waals surface area (Å²) in [5, 5.41) is 1.23. The number of hydrogen-bond donors (Lipinski definition) is 0. The quantitative estimate of drug-likeness (QED) is 0.698. The molecule has 0 atom stereocenters. The Balaban J connectivity index is 2.56. The van der Waals surface area contributed by atoms with Gasteiger partial charge in [-0.3, -0.25) is 9.63 Å². The van der Waals surface area contributed by atoms with Crippen LogP contribution in [0.4, 0.5) is 4.79 Å². The third kappa shape index (κ3) is 4.22. The third-order valence-electron chi connectivity index (χ3n) is 4.61. The average molecular weight is 389 g/mol. The van der Waals surface area contributed by atoms with Crippen LogP contribution in [-0.4, -0.2) is 36.4 Å². The molecule has 0 fully saturated rings. The predicted molar refractivity (Wildman–Crippen MR) is 107 cm³/mol. The van der Waals surface area contributed by atoms with E-state index in [0.29, 0.717) is 5.57 Å². The first-order valence-corrected chi connectivity index (χ1v) is 9.36. The van der Waals surface area contributed by atoms with Gasteiger partial charge in [-0.1, -0.05) is 38.5 Å². The van der Waals surface area contributed by atoms with E-state index in [-0.39, 0.29) is 23.7 Å². The molecule has 154 valence electrons. The zero-order valence-corrected chi connectivity index (χ0v) is 18.4. The lowest BCUT2D eigenvalue weighted by Gasteiger charge is -2.30. The van der Waals surface area contributed by atoms with Crippen LogP contribution < -0.4 is 0 Å². The van der Waals surface area contributed by atoms with Crippen molar-refractivity contribution >= 4 is 17.6 Å². The van der Waals surface area contributed by atoms with Gasteiger partial charge in [0.15, 0.2) is 5.76 Å². The summed E-state index contributed by atoms with van der Waals surface area (Å²) in [5.74, 6) is -0.116. The van der Waals surface area contributed by atoms with Gasteiger partial charge in [0.1, 0.15) is 5.54 Å². The van der Waals surface area contributed by atoms with E-state index >= 15 is 0 Å². The molecule has 1 aliphatic heterocycles. The van der Waals surface area contributed by atoms with Gasteiger partial charge < -0.3 is 9.47 Å².